The predicted molar refractivity (Wildman–Crippen MR) is 128 cm³/mol. The Bertz CT molecular complexity index is 1310. The minimum atomic E-state index is -0.333. The molecule has 1 heterocycles. The molecule has 4 aromatic rings. The Kier molecular flexibility index (Phi) is 6.73. The molecule has 3 aromatic carbocycles. The van der Waals surface area contributed by atoms with Gasteiger partial charge in [-0.25, -0.2) is 0 Å². The van der Waals surface area contributed by atoms with Gasteiger partial charge in [-0.15, -0.1) is 0 Å². The van der Waals surface area contributed by atoms with Gasteiger partial charge in [0.2, 0.25) is 0 Å². The summed E-state index contributed by atoms with van der Waals surface area (Å²) < 4.78 is 16.5. The van der Waals surface area contributed by atoms with Crippen molar-refractivity contribution >= 4 is 17.4 Å². The molecule has 7 heteroatoms. The van der Waals surface area contributed by atoms with Gasteiger partial charge in [0.1, 0.15) is 12.4 Å². The molecule has 0 spiro atoms. The molecule has 0 aliphatic carbocycles. The highest BCUT2D eigenvalue weighted by Crippen LogP contribution is 2.30. The molecule has 1 aromatic heterocycles. The van der Waals surface area contributed by atoms with E-state index in [9.17, 15) is 9.59 Å². The minimum absolute atomic E-state index is 0.113. The van der Waals surface area contributed by atoms with Crippen LogP contribution in [0.2, 0.25) is 0 Å². The summed E-state index contributed by atoms with van der Waals surface area (Å²) in [6.45, 7) is 3.94. The van der Waals surface area contributed by atoms with Gasteiger partial charge in [0, 0.05) is 22.4 Å². The fourth-order valence-corrected chi connectivity index (χ4v) is 3.48. The Hall–Kier alpha value is -4.39. The van der Waals surface area contributed by atoms with Gasteiger partial charge in [-0.1, -0.05) is 47.6 Å². The molecular formula is C27H24N2O5. The number of ketones is 1. The molecule has 1 N–H and O–H groups in total. The second kappa shape index (κ2) is 10.0. The standard InChI is InChI=1S/C27H24N2O5/c1-17-23(18(2)34-29-17)16-33-24-13-12-21(15-25(24)32-3)27(31)28-22-11-7-10-20(14-22)26(30)19-8-5-4-6-9-19/h4-15H,16H2,1-3H3,(H,28,31). The highest BCUT2D eigenvalue weighted by atomic mass is 16.5. The van der Waals surface area contributed by atoms with Crippen molar-refractivity contribution in [3.05, 3.63) is 107 Å². The molecule has 34 heavy (non-hydrogen) atoms. The van der Waals surface area contributed by atoms with Crippen LogP contribution in [0.3, 0.4) is 0 Å². The monoisotopic (exact) mass is 456 g/mol. The summed E-state index contributed by atoms with van der Waals surface area (Å²) in [5.74, 6) is 1.17. The van der Waals surface area contributed by atoms with Crippen molar-refractivity contribution in [2.24, 2.45) is 0 Å². The third-order valence-electron chi connectivity index (χ3n) is 5.40. The van der Waals surface area contributed by atoms with Crippen LogP contribution < -0.4 is 14.8 Å². The lowest BCUT2D eigenvalue weighted by atomic mass is 10.0. The number of aromatic nitrogens is 1. The molecule has 4 rings (SSSR count). The highest BCUT2D eigenvalue weighted by Gasteiger charge is 2.15. The van der Waals surface area contributed by atoms with E-state index >= 15 is 0 Å². The summed E-state index contributed by atoms with van der Waals surface area (Å²) in [6.07, 6.45) is 0. The number of methoxy groups -OCH3 is 1. The van der Waals surface area contributed by atoms with Gasteiger partial charge < -0.3 is 19.3 Å². The van der Waals surface area contributed by atoms with Crippen LogP contribution in [-0.2, 0) is 6.61 Å². The average molecular weight is 456 g/mol. The van der Waals surface area contributed by atoms with Gasteiger partial charge in [-0.2, -0.15) is 0 Å². The maximum atomic E-state index is 12.9. The number of nitrogens with zero attached hydrogens (tertiary/aromatic N) is 1. The summed E-state index contributed by atoms with van der Waals surface area (Å²) >= 11 is 0. The molecule has 0 radical (unpaired) electrons. The zero-order chi connectivity index (χ0) is 24.1. The molecule has 0 aliphatic heterocycles. The van der Waals surface area contributed by atoms with E-state index in [-0.39, 0.29) is 18.3 Å². The molecule has 1 amide bonds. The van der Waals surface area contributed by atoms with Crippen LogP contribution in [0.15, 0.2) is 77.3 Å². The maximum Gasteiger partial charge on any atom is 0.255 e. The van der Waals surface area contributed by atoms with Crippen molar-refractivity contribution in [3.63, 3.8) is 0 Å². The van der Waals surface area contributed by atoms with Gasteiger partial charge in [0.25, 0.3) is 5.91 Å². The van der Waals surface area contributed by atoms with Crippen molar-refractivity contribution < 1.29 is 23.6 Å². The number of carbonyl (C=O) groups excluding carboxylic acids is 2. The Morgan fingerprint density at radius 3 is 2.35 bits per heavy atom. The van der Waals surface area contributed by atoms with E-state index in [0.29, 0.717) is 39.6 Å². The summed E-state index contributed by atoms with van der Waals surface area (Å²) in [5.41, 5.74) is 3.62. The Labute approximate surface area is 197 Å². The SMILES string of the molecule is COc1cc(C(=O)Nc2cccc(C(=O)c3ccccc3)c2)ccc1OCc1c(C)noc1C. The summed E-state index contributed by atoms with van der Waals surface area (Å²) in [6, 6.07) is 20.8. The van der Waals surface area contributed by atoms with Crippen LogP contribution >= 0.6 is 0 Å². The molecule has 0 aliphatic rings. The van der Waals surface area contributed by atoms with Gasteiger partial charge in [-0.3, -0.25) is 9.59 Å². The number of amides is 1. The van der Waals surface area contributed by atoms with Crippen molar-refractivity contribution in [1.82, 2.24) is 5.16 Å². The van der Waals surface area contributed by atoms with Crippen LogP contribution in [0.1, 0.15) is 43.3 Å². The zero-order valence-electron chi connectivity index (χ0n) is 19.1. The predicted octanol–water partition coefficient (Wildman–Crippen LogP) is 5.36. The Morgan fingerprint density at radius 2 is 1.65 bits per heavy atom. The number of hydrogen-bond acceptors (Lipinski definition) is 6. The molecule has 7 nitrogen and oxygen atoms in total. The quantitative estimate of drug-likeness (QED) is 0.359. The van der Waals surface area contributed by atoms with Crippen LogP contribution in [0.5, 0.6) is 11.5 Å². The first-order valence-electron chi connectivity index (χ1n) is 10.7. The van der Waals surface area contributed by atoms with E-state index in [0.717, 1.165) is 11.3 Å². The molecule has 0 saturated carbocycles. The van der Waals surface area contributed by atoms with Crippen molar-refractivity contribution in [2.45, 2.75) is 20.5 Å². The second-order valence-electron chi connectivity index (χ2n) is 7.69. The van der Waals surface area contributed by atoms with Crippen molar-refractivity contribution in [2.75, 3.05) is 12.4 Å². The largest absolute Gasteiger partial charge is 0.493 e. The summed E-state index contributed by atoms with van der Waals surface area (Å²) in [7, 11) is 1.51. The van der Waals surface area contributed by atoms with E-state index in [1.807, 2.05) is 32.0 Å². The van der Waals surface area contributed by atoms with E-state index in [1.165, 1.54) is 7.11 Å². The normalized spacial score (nSPS) is 10.6. The number of hydrogen-bond donors (Lipinski definition) is 1. The van der Waals surface area contributed by atoms with Crippen LogP contribution in [-0.4, -0.2) is 24.0 Å². The van der Waals surface area contributed by atoms with E-state index in [4.69, 9.17) is 14.0 Å². The number of nitrogens with one attached hydrogen (secondary N) is 1. The smallest absolute Gasteiger partial charge is 0.255 e. The van der Waals surface area contributed by atoms with Gasteiger partial charge in [0.15, 0.2) is 17.3 Å². The lowest BCUT2D eigenvalue weighted by molar-refractivity contribution is 0.102. The fourth-order valence-electron chi connectivity index (χ4n) is 3.48. The minimum Gasteiger partial charge on any atom is -0.493 e. The first-order valence-corrected chi connectivity index (χ1v) is 10.7. The third kappa shape index (κ3) is 4.99. The lowest BCUT2D eigenvalue weighted by Gasteiger charge is -2.13. The molecule has 0 unspecified atom stereocenters. The lowest BCUT2D eigenvalue weighted by Crippen LogP contribution is -2.13. The van der Waals surface area contributed by atoms with Crippen LogP contribution in [0, 0.1) is 13.8 Å². The van der Waals surface area contributed by atoms with E-state index < -0.39 is 0 Å². The Balaban J connectivity index is 1.47. The van der Waals surface area contributed by atoms with Crippen molar-refractivity contribution in [1.29, 1.82) is 0 Å². The van der Waals surface area contributed by atoms with Gasteiger partial charge >= 0.3 is 0 Å². The molecule has 172 valence electrons. The van der Waals surface area contributed by atoms with Gasteiger partial charge in [-0.05, 0) is 44.2 Å². The number of carbonyl (C=O) groups is 2. The molecule has 0 saturated heterocycles. The number of ether oxygens (including phenoxy) is 2. The molecule has 0 atom stereocenters. The number of anilines is 1. The molecule has 0 fully saturated rings. The summed E-state index contributed by atoms with van der Waals surface area (Å²) in [4.78, 5) is 25.6. The highest BCUT2D eigenvalue weighted by molar-refractivity contribution is 6.10. The Morgan fingerprint density at radius 1 is 0.882 bits per heavy atom. The maximum absolute atomic E-state index is 12.9. The molecular weight excluding hydrogens is 432 g/mol. The first kappa shape index (κ1) is 22.8. The number of benzene rings is 3. The first-order chi connectivity index (χ1) is 16.5. The second-order valence-corrected chi connectivity index (χ2v) is 7.69. The zero-order valence-corrected chi connectivity index (χ0v) is 19.1. The topological polar surface area (TPSA) is 90.7 Å². The van der Waals surface area contributed by atoms with E-state index in [1.54, 1.807) is 54.6 Å². The van der Waals surface area contributed by atoms with Crippen LogP contribution in [0.4, 0.5) is 5.69 Å². The van der Waals surface area contributed by atoms with E-state index in [2.05, 4.69) is 10.5 Å². The third-order valence-corrected chi connectivity index (χ3v) is 5.40. The number of rotatable bonds is 8. The number of aryl methyl sites for hydroxylation is 2. The molecule has 0 bridgehead atoms. The fraction of sp³-hybridized carbons (Fsp3) is 0.148. The van der Waals surface area contributed by atoms with Crippen LogP contribution in [0.25, 0.3) is 0 Å². The van der Waals surface area contributed by atoms with Gasteiger partial charge in [0.05, 0.1) is 18.4 Å². The average Bonchev–Trinajstić information content (AvgIpc) is 3.19. The van der Waals surface area contributed by atoms with Crippen molar-refractivity contribution in [3.8, 4) is 11.5 Å². The summed E-state index contributed by atoms with van der Waals surface area (Å²) in [5, 5.41) is 6.76.